The summed E-state index contributed by atoms with van der Waals surface area (Å²) >= 11 is 17.9. The third-order valence-electron chi connectivity index (χ3n) is 4.03. The number of hydrazone groups is 1. The molecule has 9 heteroatoms. The van der Waals surface area contributed by atoms with Crippen molar-refractivity contribution in [3.05, 3.63) is 86.6 Å². The molecule has 0 fully saturated rings. The van der Waals surface area contributed by atoms with Crippen molar-refractivity contribution >= 4 is 46.9 Å². The monoisotopic (exact) mass is 477 g/mol. The first-order valence-electron chi connectivity index (χ1n) is 9.25. The maximum absolute atomic E-state index is 12.1. The molecule has 0 unspecified atom stereocenters. The Bertz CT molecular complexity index is 1110. The van der Waals surface area contributed by atoms with Gasteiger partial charge < -0.3 is 9.47 Å². The number of carbonyl (C=O) groups is 1. The van der Waals surface area contributed by atoms with Crippen molar-refractivity contribution in [2.45, 2.75) is 13.5 Å². The van der Waals surface area contributed by atoms with Gasteiger partial charge in [0.1, 0.15) is 11.8 Å². The van der Waals surface area contributed by atoms with E-state index in [0.29, 0.717) is 40.3 Å². The van der Waals surface area contributed by atoms with Crippen molar-refractivity contribution in [1.82, 2.24) is 10.4 Å². The zero-order chi connectivity index (χ0) is 22.2. The molecule has 0 aliphatic heterocycles. The van der Waals surface area contributed by atoms with Crippen LogP contribution in [0.3, 0.4) is 0 Å². The van der Waals surface area contributed by atoms with Gasteiger partial charge in [0.25, 0.3) is 5.91 Å². The van der Waals surface area contributed by atoms with Crippen LogP contribution in [0.2, 0.25) is 15.2 Å². The van der Waals surface area contributed by atoms with E-state index in [1.54, 1.807) is 42.5 Å². The molecule has 1 heterocycles. The number of nitrogens with zero attached hydrogens (tertiary/aromatic N) is 2. The SMILES string of the molecule is CCOc1cc(C=NNC(=O)c2cccnc2Cl)ccc1OCc1ccc(Cl)c(Cl)c1. The van der Waals surface area contributed by atoms with Crippen LogP contribution in [0.15, 0.2) is 59.8 Å². The Kier molecular flexibility index (Phi) is 8.12. The number of amides is 1. The molecule has 1 N–H and O–H groups in total. The number of halogens is 3. The molecular formula is C22H18Cl3N3O3. The van der Waals surface area contributed by atoms with Gasteiger partial charge in [0.05, 0.1) is 28.4 Å². The van der Waals surface area contributed by atoms with Crippen molar-refractivity contribution in [2.24, 2.45) is 5.10 Å². The fraction of sp³-hybridized carbons (Fsp3) is 0.136. The summed E-state index contributed by atoms with van der Waals surface area (Å²) in [6.45, 7) is 2.63. The lowest BCUT2D eigenvalue weighted by atomic mass is 10.2. The van der Waals surface area contributed by atoms with Crippen LogP contribution in [0.25, 0.3) is 0 Å². The van der Waals surface area contributed by atoms with Crippen LogP contribution in [0.1, 0.15) is 28.4 Å². The van der Waals surface area contributed by atoms with Crippen molar-refractivity contribution in [2.75, 3.05) is 6.61 Å². The van der Waals surface area contributed by atoms with E-state index in [4.69, 9.17) is 44.3 Å². The van der Waals surface area contributed by atoms with Gasteiger partial charge in [-0.1, -0.05) is 40.9 Å². The van der Waals surface area contributed by atoms with E-state index >= 15 is 0 Å². The van der Waals surface area contributed by atoms with Crippen LogP contribution in [-0.4, -0.2) is 23.7 Å². The number of nitrogens with one attached hydrogen (secondary N) is 1. The van der Waals surface area contributed by atoms with E-state index in [-0.39, 0.29) is 10.7 Å². The molecular weight excluding hydrogens is 461 g/mol. The van der Waals surface area contributed by atoms with E-state index in [1.165, 1.54) is 12.4 Å². The summed E-state index contributed by atoms with van der Waals surface area (Å²) in [5, 5.41) is 5.03. The van der Waals surface area contributed by atoms with Gasteiger partial charge in [-0.3, -0.25) is 4.79 Å². The molecule has 0 spiro atoms. The number of rotatable bonds is 8. The zero-order valence-corrected chi connectivity index (χ0v) is 18.7. The lowest BCUT2D eigenvalue weighted by Crippen LogP contribution is -2.18. The van der Waals surface area contributed by atoms with Crippen LogP contribution in [0.4, 0.5) is 0 Å². The van der Waals surface area contributed by atoms with E-state index in [9.17, 15) is 4.79 Å². The van der Waals surface area contributed by atoms with Crippen LogP contribution >= 0.6 is 34.8 Å². The quantitative estimate of drug-likeness (QED) is 0.253. The number of hydrogen-bond donors (Lipinski definition) is 1. The Morgan fingerprint density at radius 2 is 1.90 bits per heavy atom. The Labute approximate surface area is 194 Å². The lowest BCUT2D eigenvalue weighted by molar-refractivity contribution is 0.0955. The molecule has 1 aromatic heterocycles. The van der Waals surface area contributed by atoms with Gasteiger partial charge in [0, 0.05) is 6.20 Å². The third kappa shape index (κ3) is 6.34. The highest BCUT2D eigenvalue weighted by molar-refractivity contribution is 6.42. The Balaban J connectivity index is 1.67. The van der Waals surface area contributed by atoms with Crippen LogP contribution in [0.5, 0.6) is 11.5 Å². The van der Waals surface area contributed by atoms with E-state index in [2.05, 4.69) is 15.5 Å². The van der Waals surface area contributed by atoms with Gasteiger partial charge >= 0.3 is 0 Å². The van der Waals surface area contributed by atoms with E-state index in [1.807, 2.05) is 13.0 Å². The number of pyridine rings is 1. The minimum absolute atomic E-state index is 0.109. The summed E-state index contributed by atoms with van der Waals surface area (Å²) in [7, 11) is 0. The van der Waals surface area contributed by atoms with Crippen LogP contribution in [-0.2, 0) is 6.61 Å². The van der Waals surface area contributed by atoms with Gasteiger partial charge in [-0.25, -0.2) is 10.4 Å². The number of aromatic nitrogens is 1. The fourth-order valence-corrected chi connectivity index (χ4v) is 3.09. The minimum Gasteiger partial charge on any atom is -0.490 e. The highest BCUT2D eigenvalue weighted by Gasteiger charge is 2.10. The molecule has 0 aliphatic carbocycles. The molecule has 6 nitrogen and oxygen atoms in total. The molecule has 3 aromatic rings. The van der Waals surface area contributed by atoms with E-state index in [0.717, 1.165) is 5.56 Å². The Hall–Kier alpha value is -2.80. The predicted octanol–water partition coefficient (Wildman–Crippen LogP) is 5.78. The molecule has 0 saturated heterocycles. The van der Waals surface area contributed by atoms with Crippen LogP contribution < -0.4 is 14.9 Å². The summed E-state index contributed by atoms with van der Waals surface area (Å²) in [6.07, 6.45) is 3.00. The maximum Gasteiger partial charge on any atom is 0.274 e. The molecule has 0 atom stereocenters. The Morgan fingerprint density at radius 3 is 2.65 bits per heavy atom. The van der Waals surface area contributed by atoms with E-state index < -0.39 is 5.91 Å². The van der Waals surface area contributed by atoms with Gasteiger partial charge in [0.15, 0.2) is 11.5 Å². The van der Waals surface area contributed by atoms with Crippen molar-refractivity contribution < 1.29 is 14.3 Å². The number of hydrogen-bond acceptors (Lipinski definition) is 5. The van der Waals surface area contributed by atoms with Crippen molar-refractivity contribution in [3.8, 4) is 11.5 Å². The molecule has 1 amide bonds. The lowest BCUT2D eigenvalue weighted by Gasteiger charge is -2.13. The highest BCUT2D eigenvalue weighted by Crippen LogP contribution is 2.30. The molecule has 160 valence electrons. The smallest absolute Gasteiger partial charge is 0.274 e. The van der Waals surface area contributed by atoms with Gasteiger partial charge in [0.2, 0.25) is 0 Å². The number of benzene rings is 2. The molecule has 0 radical (unpaired) electrons. The van der Waals surface area contributed by atoms with Crippen molar-refractivity contribution in [1.29, 1.82) is 0 Å². The maximum atomic E-state index is 12.1. The van der Waals surface area contributed by atoms with Gasteiger partial charge in [-0.05, 0) is 60.5 Å². The normalized spacial score (nSPS) is 10.8. The average Bonchev–Trinajstić information content (AvgIpc) is 2.76. The molecule has 31 heavy (non-hydrogen) atoms. The number of ether oxygens (including phenoxy) is 2. The topological polar surface area (TPSA) is 72.8 Å². The first kappa shape index (κ1) is 22.9. The first-order chi connectivity index (χ1) is 15.0. The minimum atomic E-state index is -0.457. The highest BCUT2D eigenvalue weighted by atomic mass is 35.5. The van der Waals surface area contributed by atoms with Crippen LogP contribution in [0, 0.1) is 0 Å². The summed E-state index contributed by atoms with van der Waals surface area (Å²) in [4.78, 5) is 16.0. The molecule has 0 saturated carbocycles. The van der Waals surface area contributed by atoms with Gasteiger partial charge in [-0.15, -0.1) is 0 Å². The largest absolute Gasteiger partial charge is 0.490 e. The summed E-state index contributed by atoms with van der Waals surface area (Å²) in [6, 6.07) is 13.8. The second kappa shape index (κ2) is 11.0. The summed E-state index contributed by atoms with van der Waals surface area (Å²) in [5.41, 5.74) is 4.25. The second-order valence-electron chi connectivity index (χ2n) is 6.22. The summed E-state index contributed by atoms with van der Waals surface area (Å²) < 4.78 is 11.6. The number of carbonyl (C=O) groups excluding carboxylic acids is 1. The Morgan fingerprint density at radius 1 is 1.06 bits per heavy atom. The molecule has 0 bridgehead atoms. The zero-order valence-electron chi connectivity index (χ0n) is 16.4. The van der Waals surface area contributed by atoms with Gasteiger partial charge in [-0.2, -0.15) is 5.10 Å². The molecule has 3 rings (SSSR count). The second-order valence-corrected chi connectivity index (χ2v) is 7.39. The average molecular weight is 479 g/mol. The summed E-state index contributed by atoms with van der Waals surface area (Å²) in [5.74, 6) is 0.658. The third-order valence-corrected chi connectivity index (χ3v) is 5.07. The van der Waals surface area contributed by atoms with Crippen molar-refractivity contribution in [3.63, 3.8) is 0 Å². The first-order valence-corrected chi connectivity index (χ1v) is 10.4. The predicted molar refractivity (Wildman–Crippen MR) is 123 cm³/mol. The molecule has 2 aromatic carbocycles. The standard InChI is InChI=1S/C22H18Cl3N3O3/c1-2-30-20-11-14(12-27-28-22(29)16-4-3-9-26-21(16)25)6-8-19(20)31-13-15-5-7-17(23)18(24)10-15/h3-12H,2,13H2,1H3,(H,28,29). The molecule has 0 aliphatic rings. The fourth-order valence-electron chi connectivity index (χ4n) is 2.56.